The molecule has 0 unspecified atom stereocenters. The molecule has 2 rings (SSSR count). The molecular weight excluding hydrogens is 296 g/mol. The summed E-state index contributed by atoms with van der Waals surface area (Å²) in [6.45, 7) is 4.70. The van der Waals surface area contributed by atoms with Crippen LogP contribution in [-0.4, -0.2) is 33.7 Å². The van der Waals surface area contributed by atoms with Gasteiger partial charge >= 0.3 is 0 Å². The lowest BCUT2D eigenvalue weighted by molar-refractivity contribution is -0.123. The molecule has 100 valence electrons. The van der Waals surface area contributed by atoms with Crippen molar-refractivity contribution in [2.24, 2.45) is 18.7 Å². The minimum atomic E-state index is -0.160. The van der Waals surface area contributed by atoms with E-state index in [0.29, 0.717) is 0 Å². The summed E-state index contributed by atoms with van der Waals surface area (Å²) >= 11 is 3.58. The summed E-state index contributed by atoms with van der Waals surface area (Å²) in [6, 6.07) is 0. The summed E-state index contributed by atoms with van der Waals surface area (Å²) in [4.78, 5) is 13.5. The number of aryl methyl sites for hydroxylation is 2. The van der Waals surface area contributed by atoms with E-state index in [9.17, 15) is 4.79 Å². The van der Waals surface area contributed by atoms with Gasteiger partial charge in [-0.2, -0.15) is 5.10 Å². The zero-order valence-corrected chi connectivity index (χ0v) is 12.4. The zero-order chi connectivity index (χ0) is 13.3. The number of primary amides is 1. The van der Waals surface area contributed by atoms with Crippen molar-refractivity contribution in [2.75, 3.05) is 13.1 Å². The fourth-order valence-electron chi connectivity index (χ4n) is 2.44. The maximum atomic E-state index is 11.1. The number of rotatable bonds is 3. The van der Waals surface area contributed by atoms with Gasteiger partial charge < -0.3 is 5.73 Å². The van der Waals surface area contributed by atoms with E-state index in [1.165, 1.54) is 5.69 Å². The van der Waals surface area contributed by atoms with Gasteiger partial charge in [0.1, 0.15) is 0 Å². The molecule has 0 atom stereocenters. The van der Waals surface area contributed by atoms with Crippen LogP contribution >= 0.6 is 15.9 Å². The molecule has 2 N–H and O–H groups in total. The van der Waals surface area contributed by atoms with Crippen molar-refractivity contribution in [3.05, 3.63) is 15.9 Å². The summed E-state index contributed by atoms with van der Waals surface area (Å²) in [6.07, 6.45) is 1.73. The normalized spacial score (nSPS) is 18.2. The molecular formula is C12H19BrN4O. The molecule has 1 aromatic rings. The molecule has 0 saturated carbocycles. The molecule has 1 fully saturated rings. The molecule has 0 radical (unpaired) electrons. The summed E-state index contributed by atoms with van der Waals surface area (Å²) in [5.74, 6) is -0.106. The average molecular weight is 315 g/mol. The number of carbonyl (C=O) groups excluding carboxylic acids is 1. The van der Waals surface area contributed by atoms with Crippen molar-refractivity contribution in [3.8, 4) is 0 Å². The topological polar surface area (TPSA) is 64.2 Å². The second-order valence-corrected chi connectivity index (χ2v) is 5.72. The third-order valence-electron chi connectivity index (χ3n) is 3.62. The van der Waals surface area contributed by atoms with E-state index in [1.54, 1.807) is 0 Å². The SMILES string of the molecule is Cc1nn(C)c(CN2CCC(C(N)=O)CC2)c1Br. The Balaban J connectivity index is 1.97. The zero-order valence-electron chi connectivity index (χ0n) is 10.8. The average Bonchev–Trinajstić information content (AvgIpc) is 2.57. The van der Waals surface area contributed by atoms with Crippen molar-refractivity contribution >= 4 is 21.8 Å². The number of nitrogens with two attached hydrogens (primary N) is 1. The predicted octanol–water partition coefficient (Wildman–Crippen LogP) is 1.19. The Morgan fingerprint density at radius 3 is 2.56 bits per heavy atom. The Kier molecular flexibility index (Phi) is 4.07. The smallest absolute Gasteiger partial charge is 0.220 e. The van der Waals surface area contributed by atoms with Gasteiger partial charge in [0.15, 0.2) is 0 Å². The van der Waals surface area contributed by atoms with Crippen LogP contribution in [0, 0.1) is 12.8 Å². The largest absolute Gasteiger partial charge is 0.369 e. The van der Waals surface area contributed by atoms with Crippen LogP contribution in [0.5, 0.6) is 0 Å². The molecule has 5 nitrogen and oxygen atoms in total. The number of halogens is 1. The van der Waals surface area contributed by atoms with Crippen molar-refractivity contribution < 1.29 is 4.79 Å². The predicted molar refractivity (Wildman–Crippen MR) is 72.8 cm³/mol. The molecule has 0 bridgehead atoms. The van der Waals surface area contributed by atoms with Gasteiger partial charge in [-0.05, 0) is 48.8 Å². The van der Waals surface area contributed by atoms with Gasteiger partial charge in [-0.15, -0.1) is 0 Å². The molecule has 2 heterocycles. The molecule has 1 amide bonds. The first-order valence-corrected chi connectivity index (χ1v) is 6.98. The molecule has 1 aromatic heterocycles. The molecule has 0 aliphatic carbocycles. The molecule has 0 aromatic carbocycles. The number of likely N-dealkylation sites (tertiary alicyclic amines) is 1. The lowest BCUT2D eigenvalue weighted by atomic mass is 9.96. The van der Waals surface area contributed by atoms with E-state index in [4.69, 9.17) is 5.73 Å². The standard InChI is InChI=1S/C12H19BrN4O/c1-8-11(13)10(16(2)15-8)7-17-5-3-9(4-6-17)12(14)18/h9H,3-7H2,1-2H3,(H2,14,18). The number of amides is 1. The van der Waals surface area contributed by atoms with Crippen LogP contribution < -0.4 is 5.73 Å². The summed E-state index contributed by atoms with van der Waals surface area (Å²) < 4.78 is 3.00. The fraction of sp³-hybridized carbons (Fsp3) is 0.667. The Morgan fingerprint density at radius 1 is 1.50 bits per heavy atom. The quantitative estimate of drug-likeness (QED) is 0.911. The third kappa shape index (κ3) is 2.75. The maximum Gasteiger partial charge on any atom is 0.220 e. The monoisotopic (exact) mass is 314 g/mol. The van der Waals surface area contributed by atoms with E-state index < -0.39 is 0 Å². The number of carbonyl (C=O) groups is 1. The van der Waals surface area contributed by atoms with E-state index in [0.717, 1.165) is 42.6 Å². The minimum Gasteiger partial charge on any atom is -0.369 e. The third-order valence-corrected chi connectivity index (χ3v) is 4.66. The highest BCUT2D eigenvalue weighted by molar-refractivity contribution is 9.10. The molecule has 1 saturated heterocycles. The molecule has 0 spiro atoms. The summed E-state index contributed by atoms with van der Waals surface area (Å²) in [5, 5.41) is 4.39. The first kappa shape index (κ1) is 13.5. The Bertz CT molecular complexity index is 449. The maximum absolute atomic E-state index is 11.1. The van der Waals surface area contributed by atoms with E-state index in [-0.39, 0.29) is 11.8 Å². The highest BCUT2D eigenvalue weighted by Crippen LogP contribution is 2.24. The summed E-state index contributed by atoms with van der Waals surface area (Å²) in [5.41, 5.74) is 7.54. The van der Waals surface area contributed by atoms with E-state index in [1.807, 2.05) is 18.7 Å². The van der Waals surface area contributed by atoms with Crippen LogP contribution in [0.15, 0.2) is 4.47 Å². The van der Waals surface area contributed by atoms with Crippen LogP contribution in [0.25, 0.3) is 0 Å². The summed E-state index contributed by atoms with van der Waals surface area (Å²) in [7, 11) is 1.96. The molecule has 18 heavy (non-hydrogen) atoms. The number of piperidine rings is 1. The lowest BCUT2D eigenvalue weighted by Crippen LogP contribution is -2.38. The fourth-order valence-corrected chi connectivity index (χ4v) is 2.90. The van der Waals surface area contributed by atoms with Crippen LogP contribution in [0.4, 0.5) is 0 Å². The second kappa shape index (κ2) is 5.40. The Hall–Kier alpha value is -0.880. The van der Waals surface area contributed by atoms with Gasteiger partial charge in [0.25, 0.3) is 0 Å². The number of aromatic nitrogens is 2. The van der Waals surface area contributed by atoms with E-state index in [2.05, 4.69) is 25.9 Å². The van der Waals surface area contributed by atoms with Crippen molar-refractivity contribution in [1.29, 1.82) is 0 Å². The highest BCUT2D eigenvalue weighted by Gasteiger charge is 2.24. The minimum absolute atomic E-state index is 0.0537. The van der Waals surface area contributed by atoms with Gasteiger partial charge in [-0.3, -0.25) is 14.4 Å². The lowest BCUT2D eigenvalue weighted by Gasteiger charge is -2.30. The Morgan fingerprint density at radius 2 is 2.11 bits per heavy atom. The van der Waals surface area contributed by atoms with Crippen LogP contribution in [0.3, 0.4) is 0 Å². The van der Waals surface area contributed by atoms with Gasteiger partial charge in [-0.1, -0.05) is 0 Å². The van der Waals surface area contributed by atoms with Crippen molar-refractivity contribution in [3.63, 3.8) is 0 Å². The van der Waals surface area contributed by atoms with Gasteiger partial charge in [0.05, 0.1) is 15.9 Å². The number of hydrogen-bond acceptors (Lipinski definition) is 3. The van der Waals surface area contributed by atoms with Crippen LogP contribution in [0.1, 0.15) is 24.2 Å². The van der Waals surface area contributed by atoms with Gasteiger partial charge in [0.2, 0.25) is 5.91 Å². The van der Waals surface area contributed by atoms with Crippen LogP contribution in [0.2, 0.25) is 0 Å². The van der Waals surface area contributed by atoms with E-state index >= 15 is 0 Å². The molecule has 1 aliphatic heterocycles. The first-order chi connectivity index (χ1) is 8.49. The number of nitrogens with zero attached hydrogens (tertiary/aromatic N) is 3. The van der Waals surface area contributed by atoms with Gasteiger partial charge in [-0.25, -0.2) is 0 Å². The second-order valence-electron chi connectivity index (χ2n) is 4.92. The Labute approximate surface area is 115 Å². The number of hydrogen-bond donors (Lipinski definition) is 1. The molecule has 1 aliphatic rings. The van der Waals surface area contributed by atoms with Crippen molar-refractivity contribution in [2.45, 2.75) is 26.3 Å². The van der Waals surface area contributed by atoms with Crippen molar-refractivity contribution in [1.82, 2.24) is 14.7 Å². The highest BCUT2D eigenvalue weighted by atomic mass is 79.9. The first-order valence-electron chi connectivity index (χ1n) is 6.18. The molecule has 6 heteroatoms. The van der Waals surface area contributed by atoms with Crippen LogP contribution in [-0.2, 0) is 18.4 Å². The van der Waals surface area contributed by atoms with Gasteiger partial charge in [0, 0.05) is 19.5 Å².